The summed E-state index contributed by atoms with van der Waals surface area (Å²) >= 11 is 0. The van der Waals surface area contributed by atoms with Gasteiger partial charge in [-0.3, -0.25) is 9.59 Å². The summed E-state index contributed by atoms with van der Waals surface area (Å²) in [6.45, 7) is 7.73. The predicted octanol–water partition coefficient (Wildman–Crippen LogP) is 3.58. The van der Waals surface area contributed by atoms with Crippen LogP contribution < -0.4 is 0 Å². The number of ether oxygens (including phenoxy) is 7. The Labute approximate surface area is 252 Å². The van der Waals surface area contributed by atoms with Crippen LogP contribution in [0.2, 0.25) is 0 Å². The number of carbonyl (C=O) groups is 4. The lowest BCUT2D eigenvalue weighted by Crippen LogP contribution is -2.16. The molecular formula is C32H40O11. The second-order valence-corrected chi connectivity index (χ2v) is 9.07. The monoisotopic (exact) mass is 600 g/mol. The molecule has 2 aromatic rings. The summed E-state index contributed by atoms with van der Waals surface area (Å²) < 4.78 is 36.7. The molecular weight excluding hydrogens is 560 g/mol. The summed E-state index contributed by atoms with van der Waals surface area (Å²) in [7, 11) is 0. The Bertz CT molecular complexity index is 1150. The van der Waals surface area contributed by atoms with E-state index in [-0.39, 0.29) is 68.9 Å². The maximum Gasteiger partial charge on any atom is 0.338 e. The van der Waals surface area contributed by atoms with Crippen molar-refractivity contribution in [3.8, 4) is 0 Å². The van der Waals surface area contributed by atoms with Crippen molar-refractivity contribution in [2.45, 2.75) is 19.8 Å². The molecule has 0 aliphatic heterocycles. The molecule has 0 spiro atoms. The number of hydrogen-bond acceptors (Lipinski definition) is 11. The van der Waals surface area contributed by atoms with Gasteiger partial charge in [-0.15, -0.1) is 0 Å². The fourth-order valence-electron chi connectivity index (χ4n) is 3.44. The first-order chi connectivity index (χ1) is 20.9. The average Bonchev–Trinajstić information content (AvgIpc) is 3.02. The highest BCUT2D eigenvalue weighted by atomic mass is 16.6. The number of hydrogen-bond donors (Lipinski definition) is 0. The molecule has 0 saturated carbocycles. The first-order valence-corrected chi connectivity index (χ1v) is 14.0. The quantitative estimate of drug-likeness (QED) is 0.0609. The van der Waals surface area contributed by atoms with Gasteiger partial charge in [0.2, 0.25) is 0 Å². The van der Waals surface area contributed by atoms with Crippen LogP contribution in [0.4, 0.5) is 0 Å². The number of carbonyl (C=O) groups excluding carboxylic acids is 4. The molecule has 0 aromatic heterocycles. The third-order valence-electron chi connectivity index (χ3n) is 5.60. The summed E-state index contributed by atoms with van der Waals surface area (Å²) in [5.41, 5.74) is 1.31. The van der Waals surface area contributed by atoms with Gasteiger partial charge in [-0.25, -0.2) is 9.59 Å². The van der Waals surface area contributed by atoms with Gasteiger partial charge in [-0.2, -0.15) is 0 Å². The number of benzene rings is 2. The van der Waals surface area contributed by atoms with Gasteiger partial charge in [-0.05, 0) is 19.4 Å². The number of ketones is 1. The van der Waals surface area contributed by atoms with Gasteiger partial charge >= 0.3 is 17.9 Å². The average molecular weight is 601 g/mol. The molecule has 0 aliphatic rings. The summed E-state index contributed by atoms with van der Waals surface area (Å²) in [4.78, 5) is 48.2. The van der Waals surface area contributed by atoms with E-state index in [9.17, 15) is 19.2 Å². The van der Waals surface area contributed by atoms with Crippen LogP contribution in [0.1, 0.15) is 46.0 Å². The zero-order valence-corrected chi connectivity index (χ0v) is 24.6. The van der Waals surface area contributed by atoms with E-state index >= 15 is 0 Å². The third-order valence-corrected chi connectivity index (χ3v) is 5.60. The van der Waals surface area contributed by atoms with Gasteiger partial charge in [0.1, 0.15) is 19.8 Å². The highest BCUT2D eigenvalue weighted by Crippen LogP contribution is 2.16. The van der Waals surface area contributed by atoms with Crippen molar-refractivity contribution in [1.29, 1.82) is 0 Å². The molecule has 0 aliphatic carbocycles. The maximum absolute atomic E-state index is 12.8. The molecule has 2 rings (SSSR count). The van der Waals surface area contributed by atoms with Gasteiger partial charge in [0.15, 0.2) is 5.78 Å². The predicted molar refractivity (Wildman–Crippen MR) is 156 cm³/mol. The summed E-state index contributed by atoms with van der Waals surface area (Å²) in [6.07, 6.45) is 0.714. The molecule has 234 valence electrons. The fourth-order valence-corrected chi connectivity index (χ4v) is 3.44. The Morgan fingerprint density at radius 3 is 1.67 bits per heavy atom. The Morgan fingerprint density at radius 2 is 1.07 bits per heavy atom. The van der Waals surface area contributed by atoms with Gasteiger partial charge < -0.3 is 33.2 Å². The van der Waals surface area contributed by atoms with Crippen molar-refractivity contribution in [3.63, 3.8) is 0 Å². The van der Waals surface area contributed by atoms with Crippen molar-refractivity contribution < 1.29 is 52.3 Å². The summed E-state index contributed by atoms with van der Waals surface area (Å²) in [6, 6.07) is 15.3. The van der Waals surface area contributed by atoms with Gasteiger partial charge in [0.25, 0.3) is 0 Å². The lowest BCUT2D eigenvalue weighted by atomic mass is 9.98. The van der Waals surface area contributed by atoms with E-state index in [4.69, 9.17) is 33.2 Å². The van der Waals surface area contributed by atoms with Crippen LogP contribution in [0.3, 0.4) is 0 Å². The molecule has 0 heterocycles. The lowest BCUT2D eigenvalue weighted by Gasteiger charge is -2.10. The van der Waals surface area contributed by atoms with Crippen molar-refractivity contribution in [2.24, 2.45) is 0 Å². The zero-order chi connectivity index (χ0) is 31.1. The molecule has 0 radical (unpaired) electrons. The standard InChI is InChI=1S/C32H40O11/c1-25(2)31(35)42-23-20-37-14-8-13-29(33)41-22-19-39-17-15-38-16-18-40-21-24-43-32(36)28-12-7-6-11-27(28)30(34)26-9-4-3-5-10-26/h3-7,9-12H,1,8,13-24H2,2H3. The minimum Gasteiger partial charge on any atom is -0.463 e. The van der Waals surface area contributed by atoms with E-state index in [1.165, 1.54) is 0 Å². The van der Waals surface area contributed by atoms with E-state index in [1.807, 2.05) is 6.07 Å². The maximum atomic E-state index is 12.8. The molecule has 0 amide bonds. The molecule has 0 unspecified atom stereocenters. The van der Waals surface area contributed by atoms with Crippen LogP contribution in [0.25, 0.3) is 0 Å². The third kappa shape index (κ3) is 15.2. The molecule has 0 fully saturated rings. The number of esters is 3. The Hall–Kier alpha value is -3.90. The zero-order valence-electron chi connectivity index (χ0n) is 24.6. The van der Waals surface area contributed by atoms with Crippen LogP contribution in [0.5, 0.6) is 0 Å². The largest absolute Gasteiger partial charge is 0.463 e. The first kappa shape index (κ1) is 35.3. The molecule has 11 nitrogen and oxygen atoms in total. The van der Waals surface area contributed by atoms with Crippen LogP contribution in [-0.4, -0.2) is 96.4 Å². The van der Waals surface area contributed by atoms with E-state index in [2.05, 4.69) is 6.58 Å². The SMILES string of the molecule is C=C(C)C(=O)OCCOCCCC(=O)OCCOCCOCCOCCOC(=O)c1ccccc1C(=O)c1ccccc1. The Kier molecular flexibility index (Phi) is 17.9. The molecule has 0 N–H and O–H groups in total. The highest BCUT2D eigenvalue weighted by Gasteiger charge is 2.18. The highest BCUT2D eigenvalue weighted by molar-refractivity contribution is 6.14. The first-order valence-electron chi connectivity index (χ1n) is 14.0. The van der Waals surface area contributed by atoms with Gasteiger partial charge in [0, 0.05) is 29.7 Å². The van der Waals surface area contributed by atoms with E-state index in [0.717, 1.165) is 0 Å². The van der Waals surface area contributed by atoms with Gasteiger partial charge in [-0.1, -0.05) is 55.1 Å². The molecule has 0 saturated heterocycles. The fraction of sp³-hybridized carbons (Fsp3) is 0.438. The molecule has 0 atom stereocenters. The lowest BCUT2D eigenvalue weighted by molar-refractivity contribution is -0.145. The van der Waals surface area contributed by atoms with Crippen molar-refractivity contribution in [3.05, 3.63) is 83.4 Å². The second kappa shape index (κ2) is 21.8. The van der Waals surface area contributed by atoms with Gasteiger partial charge in [0.05, 0.1) is 51.8 Å². The van der Waals surface area contributed by atoms with E-state index in [1.54, 1.807) is 55.5 Å². The smallest absolute Gasteiger partial charge is 0.338 e. The van der Waals surface area contributed by atoms with Crippen LogP contribution >= 0.6 is 0 Å². The van der Waals surface area contributed by atoms with Crippen molar-refractivity contribution in [1.82, 2.24) is 0 Å². The van der Waals surface area contributed by atoms with Crippen LogP contribution in [0.15, 0.2) is 66.7 Å². The number of rotatable bonds is 23. The molecule has 0 bridgehead atoms. The Balaban J connectivity index is 1.40. The summed E-state index contributed by atoms with van der Waals surface area (Å²) in [5.74, 6) is -1.64. The van der Waals surface area contributed by atoms with E-state index < -0.39 is 11.9 Å². The summed E-state index contributed by atoms with van der Waals surface area (Å²) in [5, 5.41) is 0. The molecule has 2 aromatic carbocycles. The van der Waals surface area contributed by atoms with E-state index in [0.29, 0.717) is 50.6 Å². The second-order valence-electron chi connectivity index (χ2n) is 9.07. The van der Waals surface area contributed by atoms with Crippen LogP contribution in [-0.2, 0) is 42.7 Å². The molecule has 11 heteroatoms. The minimum atomic E-state index is -0.590. The Morgan fingerprint density at radius 1 is 0.581 bits per heavy atom. The normalized spacial score (nSPS) is 10.6. The molecule has 43 heavy (non-hydrogen) atoms. The van der Waals surface area contributed by atoms with Crippen molar-refractivity contribution >= 4 is 23.7 Å². The van der Waals surface area contributed by atoms with Crippen LogP contribution in [0, 0.1) is 0 Å². The van der Waals surface area contributed by atoms with Crippen molar-refractivity contribution in [2.75, 3.05) is 72.7 Å². The minimum absolute atomic E-state index is 0.0362. The topological polar surface area (TPSA) is 133 Å².